The van der Waals surface area contributed by atoms with E-state index in [0.29, 0.717) is 18.8 Å². The topological polar surface area (TPSA) is 39.2 Å². The highest BCUT2D eigenvalue weighted by atomic mass is 16.5. The van der Waals surface area contributed by atoms with E-state index in [0.717, 1.165) is 37.0 Å². The Hall–Kier alpha value is -1.38. The quantitative estimate of drug-likeness (QED) is 0.802. The molecule has 2 rings (SSSR count). The van der Waals surface area contributed by atoms with E-state index in [4.69, 9.17) is 4.74 Å². The number of carbonyl (C=O) groups is 1. The van der Waals surface area contributed by atoms with E-state index in [1.807, 2.05) is 6.07 Å². The van der Waals surface area contributed by atoms with Gasteiger partial charge in [0.05, 0.1) is 12.8 Å². The molecule has 0 saturated heterocycles. The Morgan fingerprint density at radius 3 is 3.06 bits per heavy atom. The van der Waals surface area contributed by atoms with Crippen LogP contribution in [0.3, 0.4) is 0 Å². The number of ketones is 1. The smallest absolute Gasteiger partial charge is 0.140 e. The van der Waals surface area contributed by atoms with Crippen molar-refractivity contribution in [2.75, 3.05) is 6.61 Å². The number of carbonyl (C=O) groups excluding carboxylic acids is 1. The van der Waals surface area contributed by atoms with E-state index in [1.165, 1.54) is 0 Å². The van der Waals surface area contributed by atoms with E-state index in [9.17, 15) is 4.79 Å². The van der Waals surface area contributed by atoms with Gasteiger partial charge in [0.1, 0.15) is 11.5 Å². The zero-order valence-corrected chi connectivity index (χ0v) is 10.3. The second-order valence-electron chi connectivity index (χ2n) is 4.57. The third kappa shape index (κ3) is 3.05. The molecular formula is C14H19NO2. The van der Waals surface area contributed by atoms with Crippen molar-refractivity contribution in [2.45, 2.75) is 44.9 Å². The molecule has 1 aliphatic rings. The summed E-state index contributed by atoms with van der Waals surface area (Å²) < 4.78 is 5.55. The van der Waals surface area contributed by atoms with Crippen LogP contribution in [-0.2, 0) is 4.79 Å². The van der Waals surface area contributed by atoms with Crippen molar-refractivity contribution in [3.63, 3.8) is 0 Å². The molecule has 0 spiro atoms. The lowest BCUT2D eigenvalue weighted by Gasteiger charge is -2.20. The van der Waals surface area contributed by atoms with Gasteiger partial charge in [-0.2, -0.15) is 0 Å². The molecule has 0 aliphatic heterocycles. The fraction of sp³-hybridized carbons (Fsp3) is 0.571. The molecule has 17 heavy (non-hydrogen) atoms. The van der Waals surface area contributed by atoms with Gasteiger partial charge in [0.2, 0.25) is 0 Å². The number of pyridine rings is 1. The van der Waals surface area contributed by atoms with Crippen LogP contribution < -0.4 is 4.74 Å². The number of Topliss-reactive ketones (excluding diaryl/α,β-unsaturated/α-hetero) is 1. The minimum atomic E-state index is 0.0430. The second kappa shape index (κ2) is 5.80. The van der Waals surface area contributed by atoms with Crippen molar-refractivity contribution in [3.05, 3.63) is 24.0 Å². The molecule has 1 saturated carbocycles. The molecule has 1 unspecified atom stereocenters. The van der Waals surface area contributed by atoms with Gasteiger partial charge in [0, 0.05) is 18.5 Å². The lowest BCUT2D eigenvalue weighted by molar-refractivity contribution is -0.121. The second-order valence-corrected chi connectivity index (χ2v) is 4.57. The van der Waals surface area contributed by atoms with Crippen molar-refractivity contribution >= 4 is 5.78 Å². The van der Waals surface area contributed by atoms with Gasteiger partial charge < -0.3 is 4.74 Å². The minimum absolute atomic E-state index is 0.0430. The first-order chi connectivity index (χ1) is 8.31. The highest BCUT2D eigenvalue weighted by molar-refractivity contribution is 5.86. The van der Waals surface area contributed by atoms with Gasteiger partial charge in [-0.05, 0) is 30.9 Å². The summed E-state index contributed by atoms with van der Waals surface area (Å²) in [5.74, 6) is 1.18. The van der Waals surface area contributed by atoms with Crippen LogP contribution in [0.4, 0.5) is 0 Å². The largest absolute Gasteiger partial charge is 0.492 e. The van der Waals surface area contributed by atoms with Crippen molar-refractivity contribution in [1.82, 2.24) is 4.98 Å². The van der Waals surface area contributed by atoms with Crippen molar-refractivity contribution in [2.24, 2.45) is 0 Å². The van der Waals surface area contributed by atoms with Crippen LogP contribution in [0.15, 0.2) is 18.5 Å². The Balaban J connectivity index is 2.11. The van der Waals surface area contributed by atoms with E-state index in [2.05, 4.69) is 11.9 Å². The molecule has 92 valence electrons. The average molecular weight is 233 g/mol. The summed E-state index contributed by atoms with van der Waals surface area (Å²) in [7, 11) is 0. The molecular weight excluding hydrogens is 214 g/mol. The average Bonchev–Trinajstić information content (AvgIpc) is 2.37. The third-order valence-corrected chi connectivity index (χ3v) is 3.16. The first-order valence-electron chi connectivity index (χ1n) is 6.41. The predicted octanol–water partition coefficient (Wildman–Crippen LogP) is 3.10. The highest BCUT2D eigenvalue weighted by Crippen LogP contribution is 2.30. The summed E-state index contributed by atoms with van der Waals surface area (Å²) in [5, 5.41) is 0. The fourth-order valence-corrected chi connectivity index (χ4v) is 2.26. The first-order valence-corrected chi connectivity index (χ1v) is 6.41. The van der Waals surface area contributed by atoms with Crippen LogP contribution in [0, 0.1) is 0 Å². The number of aromatic nitrogens is 1. The molecule has 1 aromatic rings. The number of hydrogen-bond acceptors (Lipinski definition) is 3. The first kappa shape index (κ1) is 12.1. The van der Waals surface area contributed by atoms with Crippen LogP contribution in [0.1, 0.15) is 50.5 Å². The molecule has 1 aromatic heterocycles. The van der Waals surface area contributed by atoms with Gasteiger partial charge in [-0.25, -0.2) is 0 Å². The maximum absolute atomic E-state index is 11.9. The molecule has 0 radical (unpaired) electrons. The SMILES string of the molecule is CCCOc1cncc(C2CCCCC2=O)c1. The van der Waals surface area contributed by atoms with Crippen LogP contribution in [-0.4, -0.2) is 17.4 Å². The monoisotopic (exact) mass is 233 g/mol. The van der Waals surface area contributed by atoms with Gasteiger partial charge in [0.25, 0.3) is 0 Å². The molecule has 3 heteroatoms. The lowest BCUT2D eigenvalue weighted by atomic mass is 9.83. The molecule has 1 heterocycles. The zero-order valence-electron chi connectivity index (χ0n) is 10.3. The lowest BCUT2D eigenvalue weighted by Crippen LogP contribution is -2.17. The van der Waals surface area contributed by atoms with Gasteiger partial charge in [-0.15, -0.1) is 0 Å². The Morgan fingerprint density at radius 1 is 1.41 bits per heavy atom. The molecule has 0 bridgehead atoms. The third-order valence-electron chi connectivity index (χ3n) is 3.16. The molecule has 3 nitrogen and oxygen atoms in total. The number of ether oxygens (including phenoxy) is 1. The molecule has 0 N–H and O–H groups in total. The van der Waals surface area contributed by atoms with Gasteiger partial charge in [0.15, 0.2) is 0 Å². The predicted molar refractivity (Wildman–Crippen MR) is 66.2 cm³/mol. The minimum Gasteiger partial charge on any atom is -0.492 e. The van der Waals surface area contributed by atoms with E-state index in [-0.39, 0.29) is 5.92 Å². The molecule has 1 fully saturated rings. The summed E-state index contributed by atoms with van der Waals surface area (Å²) in [5.41, 5.74) is 1.02. The molecule has 1 atom stereocenters. The number of hydrogen-bond donors (Lipinski definition) is 0. The van der Waals surface area contributed by atoms with Crippen molar-refractivity contribution in [1.29, 1.82) is 0 Å². The highest BCUT2D eigenvalue weighted by Gasteiger charge is 2.24. The number of nitrogens with zero attached hydrogens (tertiary/aromatic N) is 1. The Morgan fingerprint density at radius 2 is 2.29 bits per heavy atom. The Bertz CT molecular complexity index is 390. The van der Waals surface area contributed by atoms with Gasteiger partial charge in [-0.3, -0.25) is 9.78 Å². The Labute approximate surface area is 102 Å². The number of rotatable bonds is 4. The van der Waals surface area contributed by atoms with Crippen LogP contribution >= 0.6 is 0 Å². The molecule has 1 aliphatic carbocycles. The maximum Gasteiger partial charge on any atom is 0.140 e. The Kier molecular flexibility index (Phi) is 4.13. The standard InChI is InChI=1S/C14H19NO2/c1-2-7-17-12-8-11(9-15-10-12)13-5-3-4-6-14(13)16/h8-10,13H,2-7H2,1H3. The summed E-state index contributed by atoms with van der Waals surface area (Å²) in [6.45, 7) is 2.77. The maximum atomic E-state index is 11.9. The van der Waals surface area contributed by atoms with Crippen LogP contribution in [0.25, 0.3) is 0 Å². The zero-order chi connectivity index (χ0) is 12.1. The fourth-order valence-electron chi connectivity index (χ4n) is 2.26. The molecule has 0 amide bonds. The van der Waals surface area contributed by atoms with Crippen LogP contribution in [0.5, 0.6) is 5.75 Å². The summed E-state index contributed by atoms with van der Waals surface area (Å²) in [6, 6.07) is 1.97. The van der Waals surface area contributed by atoms with Crippen molar-refractivity contribution in [3.8, 4) is 5.75 Å². The van der Waals surface area contributed by atoms with Gasteiger partial charge in [-0.1, -0.05) is 13.3 Å². The van der Waals surface area contributed by atoms with E-state index >= 15 is 0 Å². The molecule has 0 aromatic carbocycles. The van der Waals surface area contributed by atoms with Crippen LogP contribution in [0.2, 0.25) is 0 Å². The van der Waals surface area contributed by atoms with Crippen molar-refractivity contribution < 1.29 is 9.53 Å². The summed E-state index contributed by atoms with van der Waals surface area (Å²) in [6.07, 6.45) is 8.33. The normalized spacial score (nSPS) is 20.3. The summed E-state index contributed by atoms with van der Waals surface area (Å²) in [4.78, 5) is 16.0. The van der Waals surface area contributed by atoms with Gasteiger partial charge >= 0.3 is 0 Å². The van der Waals surface area contributed by atoms with E-state index in [1.54, 1.807) is 12.4 Å². The van der Waals surface area contributed by atoms with E-state index < -0.39 is 0 Å². The summed E-state index contributed by atoms with van der Waals surface area (Å²) >= 11 is 0.